The van der Waals surface area contributed by atoms with Gasteiger partial charge in [-0.25, -0.2) is 14.2 Å². The number of nitrogens with one attached hydrogen (secondary N) is 1. The second-order valence-corrected chi connectivity index (χ2v) is 9.02. The zero-order valence-corrected chi connectivity index (χ0v) is 19.7. The molecule has 2 aromatic carbocycles. The largest absolute Gasteiger partial charge is 0.478 e. The first-order valence-electron chi connectivity index (χ1n) is 11.4. The number of hydrogen-bond acceptors (Lipinski definition) is 5. The van der Waals surface area contributed by atoms with Gasteiger partial charge in [0.1, 0.15) is 17.3 Å². The van der Waals surface area contributed by atoms with Crippen molar-refractivity contribution >= 4 is 23.1 Å². The minimum Gasteiger partial charge on any atom is -0.478 e. The van der Waals surface area contributed by atoms with E-state index in [0.717, 1.165) is 17.2 Å². The number of benzene rings is 2. The molecule has 0 bridgehead atoms. The van der Waals surface area contributed by atoms with Crippen LogP contribution in [0.2, 0.25) is 0 Å². The third-order valence-electron chi connectivity index (χ3n) is 6.48. The number of pyridine rings is 1. The van der Waals surface area contributed by atoms with Gasteiger partial charge in [-0.15, -0.1) is 0 Å². The number of aryl methyl sites for hydroxylation is 1. The van der Waals surface area contributed by atoms with E-state index in [2.05, 4.69) is 22.3 Å². The molecule has 0 aliphatic carbocycles. The standard InChI is InChI=1S/C27H25FN4O3/c1-15-10-21(17(3)29-23-9-8-20(28)11-22(23)27(34)35)25-30-24(16(2)26(33)32(25)12-15)31-13-18-6-4-5-7-19(18)14-31/h4-12,17,29H,13-14H2,1-3H3,(H,34,35). The molecule has 35 heavy (non-hydrogen) atoms. The van der Waals surface area contributed by atoms with E-state index in [1.165, 1.54) is 23.3 Å². The maximum Gasteiger partial charge on any atom is 0.337 e. The minimum absolute atomic E-state index is 0.147. The highest BCUT2D eigenvalue weighted by molar-refractivity contribution is 5.94. The van der Waals surface area contributed by atoms with Crippen molar-refractivity contribution in [1.29, 1.82) is 0 Å². The van der Waals surface area contributed by atoms with Crippen molar-refractivity contribution in [2.24, 2.45) is 0 Å². The molecule has 0 saturated heterocycles. The van der Waals surface area contributed by atoms with Crippen LogP contribution in [0.5, 0.6) is 0 Å². The summed E-state index contributed by atoms with van der Waals surface area (Å²) in [4.78, 5) is 32.1. The van der Waals surface area contributed by atoms with E-state index in [1.807, 2.05) is 32.0 Å². The molecule has 3 heterocycles. The predicted molar refractivity (Wildman–Crippen MR) is 133 cm³/mol. The number of halogens is 1. The molecule has 1 aliphatic rings. The zero-order chi connectivity index (χ0) is 24.9. The summed E-state index contributed by atoms with van der Waals surface area (Å²) >= 11 is 0. The highest BCUT2D eigenvalue weighted by atomic mass is 19.1. The molecule has 0 amide bonds. The first kappa shape index (κ1) is 22.6. The maximum atomic E-state index is 13.7. The lowest BCUT2D eigenvalue weighted by Crippen LogP contribution is -2.27. The van der Waals surface area contributed by atoms with Crippen molar-refractivity contribution in [3.8, 4) is 0 Å². The van der Waals surface area contributed by atoms with Crippen molar-refractivity contribution in [3.05, 3.63) is 104 Å². The Labute approximate surface area is 201 Å². The van der Waals surface area contributed by atoms with Crippen LogP contribution in [0, 0.1) is 19.7 Å². The second kappa shape index (κ2) is 8.54. The van der Waals surface area contributed by atoms with Crippen molar-refractivity contribution in [3.63, 3.8) is 0 Å². The fourth-order valence-electron chi connectivity index (χ4n) is 4.72. The van der Waals surface area contributed by atoms with Gasteiger partial charge in [0.15, 0.2) is 0 Å². The maximum absolute atomic E-state index is 13.7. The quantitative estimate of drug-likeness (QED) is 0.432. The van der Waals surface area contributed by atoms with E-state index in [4.69, 9.17) is 4.98 Å². The van der Waals surface area contributed by atoms with Crippen molar-refractivity contribution in [2.75, 3.05) is 10.2 Å². The first-order chi connectivity index (χ1) is 16.7. The third-order valence-corrected chi connectivity index (χ3v) is 6.48. The Bertz CT molecular complexity index is 1520. The third kappa shape index (κ3) is 4.01. The SMILES string of the molecule is Cc1cc(C(C)Nc2ccc(F)cc2C(=O)O)c2nc(N3Cc4ccccc4C3)c(C)c(=O)n2c1. The molecule has 0 fully saturated rings. The smallest absolute Gasteiger partial charge is 0.337 e. The Hall–Kier alpha value is -4.20. The van der Waals surface area contributed by atoms with Crippen molar-refractivity contribution in [1.82, 2.24) is 9.38 Å². The predicted octanol–water partition coefficient (Wildman–Crippen LogP) is 4.84. The molecule has 2 N–H and O–H groups in total. The summed E-state index contributed by atoms with van der Waals surface area (Å²) in [6, 6.07) is 13.3. The number of hydrogen-bond donors (Lipinski definition) is 2. The number of carbonyl (C=O) groups is 1. The molecule has 0 saturated carbocycles. The van der Waals surface area contributed by atoms with Gasteiger partial charge in [-0.3, -0.25) is 9.20 Å². The summed E-state index contributed by atoms with van der Waals surface area (Å²) in [6.45, 7) is 6.89. The summed E-state index contributed by atoms with van der Waals surface area (Å²) in [5.74, 6) is -1.22. The monoisotopic (exact) mass is 472 g/mol. The Morgan fingerprint density at radius 3 is 2.46 bits per heavy atom. The van der Waals surface area contributed by atoms with E-state index in [0.29, 0.717) is 30.1 Å². The lowest BCUT2D eigenvalue weighted by Gasteiger charge is -2.23. The zero-order valence-electron chi connectivity index (χ0n) is 19.7. The van der Waals surface area contributed by atoms with Crippen LogP contribution < -0.4 is 15.8 Å². The Balaban J connectivity index is 1.60. The van der Waals surface area contributed by atoms with Crippen LogP contribution in [-0.4, -0.2) is 20.5 Å². The first-order valence-corrected chi connectivity index (χ1v) is 11.4. The van der Waals surface area contributed by atoms with Gasteiger partial charge in [0.25, 0.3) is 5.56 Å². The topological polar surface area (TPSA) is 86.9 Å². The van der Waals surface area contributed by atoms with Crippen LogP contribution in [0.1, 0.15) is 51.1 Å². The summed E-state index contributed by atoms with van der Waals surface area (Å²) in [5, 5.41) is 12.7. The van der Waals surface area contributed by atoms with Gasteiger partial charge in [0.05, 0.1) is 17.2 Å². The highest BCUT2D eigenvalue weighted by Gasteiger charge is 2.25. The minimum atomic E-state index is -1.23. The van der Waals surface area contributed by atoms with Gasteiger partial charge < -0.3 is 15.3 Å². The number of rotatable bonds is 5. The van der Waals surface area contributed by atoms with Crippen LogP contribution in [-0.2, 0) is 13.1 Å². The molecule has 4 aromatic rings. The van der Waals surface area contributed by atoms with E-state index < -0.39 is 17.8 Å². The Morgan fingerprint density at radius 1 is 1.11 bits per heavy atom. The van der Waals surface area contributed by atoms with Crippen molar-refractivity contribution < 1.29 is 14.3 Å². The Kier molecular flexibility index (Phi) is 5.51. The molecule has 1 atom stereocenters. The van der Waals surface area contributed by atoms with E-state index in [9.17, 15) is 19.1 Å². The number of aromatic nitrogens is 2. The molecule has 0 radical (unpaired) electrons. The number of nitrogens with zero attached hydrogens (tertiary/aromatic N) is 3. The molecule has 2 aromatic heterocycles. The van der Waals surface area contributed by atoms with E-state index in [-0.39, 0.29) is 16.8 Å². The van der Waals surface area contributed by atoms with E-state index in [1.54, 1.807) is 17.5 Å². The Morgan fingerprint density at radius 2 is 1.80 bits per heavy atom. The summed E-state index contributed by atoms with van der Waals surface area (Å²) < 4.78 is 15.2. The van der Waals surface area contributed by atoms with Crippen LogP contribution in [0.4, 0.5) is 15.9 Å². The lowest BCUT2D eigenvalue weighted by molar-refractivity contribution is 0.0697. The van der Waals surface area contributed by atoms with Gasteiger partial charge in [0, 0.05) is 30.5 Å². The fourth-order valence-corrected chi connectivity index (χ4v) is 4.72. The number of aromatic carboxylic acids is 1. The normalized spacial score (nSPS) is 13.7. The van der Waals surface area contributed by atoms with Gasteiger partial charge in [0.2, 0.25) is 0 Å². The number of fused-ring (bicyclic) bond motifs is 2. The molecular weight excluding hydrogens is 447 g/mol. The molecule has 7 nitrogen and oxygen atoms in total. The molecular formula is C27H25FN4O3. The summed E-state index contributed by atoms with van der Waals surface area (Å²) in [7, 11) is 0. The van der Waals surface area contributed by atoms with Crippen molar-refractivity contribution in [2.45, 2.75) is 39.9 Å². The van der Waals surface area contributed by atoms with Gasteiger partial charge in [-0.1, -0.05) is 24.3 Å². The fraction of sp³-hybridized carbons (Fsp3) is 0.222. The number of carboxylic acids is 1. The molecule has 5 rings (SSSR count). The molecule has 8 heteroatoms. The average Bonchev–Trinajstić information content (AvgIpc) is 3.26. The average molecular weight is 473 g/mol. The molecule has 178 valence electrons. The van der Waals surface area contributed by atoms with Gasteiger partial charge >= 0.3 is 5.97 Å². The van der Waals surface area contributed by atoms with Crippen LogP contribution in [0.15, 0.2) is 59.5 Å². The lowest BCUT2D eigenvalue weighted by atomic mass is 10.1. The summed E-state index contributed by atoms with van der Waals surface area (Å²) in [5.41, 5.74) is 5.07. The number of anilines is 2. The molecule has 0 spiro atoms. The molecule has 1 unspecified atom stereocenters. The second-order valence-electron chi connectivity index (χ2n) is 9.02. The van der Waals surface area contributed by atoms with Crippen LogP contribution in [0.25, 0.3) is 5.65 Å². The summed E-state index contributed by atoms with van der Waals surface area (Å²) in [6.07, 6.45) is 1.76. The van der Waals surface area contributed by atoms with Crippen LogP contribution in [0.3, 0.4) is 0 Å². The van der Waals surface area contributed by atoms with Crippen LogP contribution >= 0.6 is 0 Å². The van der Waals surface area contributed by atoms with Gasteiger partial charge in [-0.05, 0) is 61.7 Å². The van der Waals surface area contributed by atoms with Gasteiger partial charge in [-0.2, -0.15) is 0 Å². The van der Waals surface area contributed by atoms with E-state index >= 15 is 0 Å². The molecule has 1 aliphatic heterocycles. The number of carboxylic acid groups (broad SMARTS) is 1. The highest BCUT2D eigenvalue weighted by Crippen LogP contribution is 2.31.